The van der Waals surface area contributed by atoms with Crippen LogP contribution in [0.5, 0.6) is 5.75 Å². The van der Waals surface area contributed by atoms with E-state index < -0.39 is 24.1 Å². The van der Waals surface area contributed by atoms with E-state index >= 15 is 0 Å². The van der Waals surface area contributed by atoms with Gasteiger partial charge in [-0.15, -0.1) is 0 Å². The molecular weight excluding hydrogens is 416 g/mol. The Morgan fingerprint density at radius 2 is 1.97 bits per heavy atom. The van der Waals surface area contributed by atoms with Crippen molar-refractivity contribution < 1.29 is 19.1 Å². The summed E-state index contributed by atoms with van der Waals surface area (Å²) in [6.07, 6.45) is 3.92. The van der Waals surface area contributed by atoms with Crippen LogP contribution in [-0.2, 0) is 16.0 Å². The molecule has 1 saturated carbocycles. The molecule has 2 fully saturated rings. The summed E-state index contributed by atoms with van der Waals surface area (Å²) >= 11 is 6.15. The second-order valence-electron chi connectivity index (χ2n) is 8.33. The van der Waals surface area contributed by atoms with Crippen molar-refractivity contribution in [3.05, 3.63) is 64.7 Å². The van der Waals surface area contributed by atoms with E-state index in [0.717, 1.165) is 35.3 Å². The third-order valence-corrected chi connectivity index (χ3v) is 6.51. The van der Waals surface area contributed by atoms with Gasteiger partial charge < -0.3 is 10.1 Å². The van der Waals surface area contributed by atoms with Crippen LogP contribution in [0.15, 0.2) is 48.5 Å². The molecule has 1 spiro atoms. The SMILES string of the molecule is CC1CCCCC12NC(=O)N(CC(=O)Oc1ccc(Cl)cc1Cc1ccccc1)C2=O. The lowest BCUT2D eigenvalue weighted by atomic mass is 9.73. The van der Waals surface area contributed by atoms with Gasteiger partial charge >= 0.3 is 12.0 Å². The molecule has 3 amide bonds. The Morgan fingerprint density at radius 3 is 2.71 bits per heavy atom. The Morgan fingerprint density at radius 1 is 1.19 bits per heavy atom. The molecular formula is C24H25ClN2O4. The summed E-state index contributed by atoms with van der Waals surface area (Å²) in [5.74, 6) is -0.596. The first kappa shape index (κ1) is 21.4. The van der Waals surface area contributed by atoms with Crippen molar-refractivity contribution in [1.82, 2.24) is 10.2 Å². The van der Waals surface area contributed by atoms with E-state index in [1.54, 1.807) is 18.2 Å². The molecule has 1 aliphatic carbocycles. The van der Waals surface area contributed by atoms with E-state index in [9.17, 15) is 14.4 Å². The molecule has 1 aliphatic heterocycles. The van der Waals surface area contributed by atoms with Crippen LogP contribution in [0.1, 0.15) is 43.7 Å². The molecule has 4 rings (SSSR count). The number of amides is 3. The molecule has 31 heavy (non-hydrogen) atoms. The Bertz CT molecular complexity index is 1010. The molecule has 0 radical (unpaired) electrons. The molecule has 2 atom stereocenters. The maximum absolute atomic E-state index is 13.1. The van der Waals surface area contributed by atoms with Gasteiger partial charge in [0.1, 0.15) is 17.8 Å². The maximum atomic E-state index is 13.1. The number of imide groups is 1. The zero-order valence-electron chi connectivity index (χ0n) is 17.4. The van der Waals surface area contributed by atoms with E-state index in [-0.39, 0.29) is 11.8 Å². The van der Waals surface area contributed by atoms with Gasteiger partial charge in [0.05, 0.1) is 0 Å². The Balaban J connectivity index is 1.48. The summed E-state index contributed by atoms with van der Waals surface area (Å²) in [6.45, 7) is 1.55. The monoisotopic (exact) mass is 440 g/mol. The third kappa shape index (κ3) is 4.30. The first-order chi connectivity index (χ1) is 14.9. The van der Waals surface area contributed by atoms with Crippen molar-refractivity contribution in [1.29, 1.82) is 0 Å². The fourth-order valence-electron chi connectivity index (χ4n) is 4.52. The van der Waals surface area contributed by atoms with E-state index in [1.165, 1.54) is 0 Å². The van der Waals surface area contributed by atoms with E-state index in [0.29, 0.717) is 23.6 Å². The number of hydrogen-bond donors (Lipinski definition) is 1. The van der Waals surface area contributed by atoms with Gasteiger partial charge in [0, 0.05) is 17.0 Å². The molecule has 0 aromatic heterocycles. The second-order valence-corrected chi connectivity index (χ2v) is 8.76. The smallest absolute Gasteiger partial charge is 0.331 e. The van der Waals surface area contributed by atoms with Crippen LogP contribution in [0.25, 0.3) is 0 Å². The number of halogens is 1. The number of ether oxygens (including phenoxy) is 1. The quantitative estimate of drug-likeness (QED) is 0.426. The molecule has 6 nitrogen and oxygen atoms in total. The molecule has 2 aromatic rings. The molecule has 0 bridgehead atoms. The van der Waals surface area contributed by atoms with Crippen LogP contribution in [0, 0.1) is 5.92 Å². The topological polar surface area (TPSA) is 75.7 Å². The first-order valence-corrected chi connectivity index (χ1v) is 10.9. The van der Waals surface area contributed by atoms with Gasteiger partial charge in [-0.2, -0.15) is 0 Å². The highest BCUT2D eigenvalue weighted by Gasteiger charge is 2.55. The van der Waals surface area contributed by atoms with E-state index in [4.69, 9.17) is 16.3 Å². The molecule has 1 saturated heterocycles. The van der Waals surface area contributed by atoms with Gasteiger partial charge in [0.2, 0.25) is 0 Å². The summed E-state index contributed by atoms with van der Waals surface area (Å²) in [6, 6.07) is 14.3. The zero-order chi connectivity index (χ0) is 22.0. The van der Waals surface area contributed by atoms with Crippen LogP contribution in [0.4, 0.5) is 4.79 Å². The molecule has 2 unspecified atom stereocenters. The molecule has 1 N–H and O–H groups in total. The van der Waals surface area contributed by atoms with Crippen LogP contribution >= 0.6 is 11.6 Å². The lowest BCUT2D eigenvalue weighted by Crippen LogP contribution is -2.54. The number of carbonyl (C=O) groups excluding carboxylic acids is 3. The number of nitrogens with one attached hydrogen (secondary N) is 1. The van der Waals surface area contributed by atoms with Gasteiger partial charge in [0.25, 0.3) is 5.91 Å². The molecule has 2 aliphatic rings. The van der Waals surface area contributed by atoms with Crippen LogP contribution in [0.3, 0.4) is 0 Å². The van der Waals surface area contributed by atoms with Gasteiger partial charge in [-0.05, 0) is 42.5 Å². The lowest BCUT2D eigenvalue weighted by Gasteiger charge is -2.36. The fourth-order valence-corrected chi connectivity index (χ4v) is 4.72. The van der Waals surface area contributed by atoms with Crippen molar-refractivity contribution in [2.24, 2.45) is 5.92 Å². The zero-order valence-corrected chi connectivity index (χ0v) is 18.2. The number of esters is 1. The number of carbonyl (C=O) groups is 3. The molecule has 2 aromatic carbocycles. The number of urea groups is 1. The van der Waals surface area contributed by atoms with E-state index in [2.05, 4.69) is 5.32 Å². The summed E-state index contributed by atoms with van der Waals surface area (Å²) in [5, 5.41) is 3.39. The van der Waals surface area contributed by atoms with Crippen molar-refractivity contribution in [3.63, 3.8) is 0 Å². The van der Waals surface area contributed by atoms with Crippen LogP contribution < -0.4 is 10.1 Å². The average Bonchev–Trinajstić information content (AvgIpc) is 2.98. The summed E-state index contributed by atoms with van der Waals surface area (Å²) in [7, 11) is 0. The number of nitrogens with zero attached hydrogens (tertiary/aromatic N) is 1. The Hall–Kier alpha value is -2.86. The molecule has 162 valence electrons. The summed E-state index contributed by atoms with van der Waals surface area (Å²) in [5.41, 5.74) is 0.903. The minimum atomic E-state index is -0.894. The van der Waals surface area contributed by atoms with Gasteiger partial charge in [-0.3, -0.25) is 9.69 Å². The van der Waals surface area contributed by atoms with Crippen molar-refractivity contribution >= 4 is 29.5 Å². The Kier molecular flexibility index (Phi) is 6.01. The standard InChI is InChI=1S/C24H25ClN2O4/c1-16-7-5-6-12-24(16)22(29)27(23(30)26-24)15-21(28)31-20-11-10-19(25)14-18(20)13-17-8-3-2-4-9-17/h2-4,8-11,14,16H,5-7,12-13,15H2,1H3,(H,26,30). The summed E-state index contributed by atoms with van der Waals surface area (Å²) < 4.78 is 5.56. The second kappa shape index (κ2) is 8.71. The van der Waals surface area contributed by atoms with Crippen LogP contribution in [0.2, 0.25) is 5.02 Å². The van der Waals surface area contributed by atoms with Gasteiger partial charge in [-0.1, -0.05) is 61.7 Å². The van der Waals surface area contributed by atoms with Crippen LogP contribution in [-0.4, -0.2) is 34.9 Å². The predicted octanol–water partition coefficient (Wildman–Crippen LogP) is 4.34. The first-order valence-electron chi connectivity index (χ1n) is 10.6. The third-order valence-electron chi connectivity index (χ3n) is 6.27. The largest absolute Gasteiger partial charge is 0.425 e. The number of benzene rings is 2. The fraction of sp³-hybridized carbons (Fsp3) is 0.375. The van der Waals surface area contributed by atoms with Gasteiger partial charge in [-0.25, -0.2) is 9.59 Å². The lowest BCUT2D eigenvalue weighted by molar-refractivity contribution is -0.142. The Labute approximate surface area is 186 Å². The normalized spacial score (nSPS) is 23.2. The maximum Gasteiger partial charge on any atom is 0.331 e. The molecule has 1 heterocycles. The van der Waals surface area contributed by atoms with Crippen molar-refractivity contribution in [2.75, 3.05) is 6.54 Å². The highest BCUT2D eigenvalue weighted by Crippen LogP contribution is 2.38. The minimum Gasteiger partial charge on any atom is -0.425 e. The van der Waals surface area contributed by atoms with Crippen molar-refractivity contribution in [2.45, 2.75) is 44.6 Å². The van der Waals surface area contributed by atoms with Crippen molar-refractivity contribution in [3.8, 4) is 5.75 Å². The highest BCUT2D eigenvalue weighted by atomic mass is 35.5. The van der Waals surface area contributed by atoms with Gasteiger partial charge in [0.15, 0.2) is 0 Å². The number of hydrogen-bond acceptors (Lipinski definition) is 4. The van der Waals surface area contributed by atoms with E-state index in [1.807, 2.05) is 37.3 Å². The predicted molar refractivity (Wildman–Crippen MR) is 117 cm³/mol. The minimum absolute atomic E-state index is 0.0347. The average molecular weight is 441 g/mol. The highest BCUT2D eigenvalue weighted by molar-refractivity contribution is 6.30. The summed E-state index contributed by atoms with van der Waals surface area (Å²) in [4.78, 5) is 39.2. The molecule has 7 heteroatoms. The number of rotatable bonds is 5.